The lowest BCUT2D eigenvalue weighted by Crippen LogP contribution is -2.29. The fourth-order valence-electron chi connectivity index (χ4n) is 2.77. The molecule has 0 saturated heterocycles. The number of rotatable bonds is 6. The van der Waals surface area contributed by atoms with E-state index in [2.05, 4.69) is 20.6 Å². The lowest BCUT2D eigenvalue weighted by molar-refractivity contribution is 0.0625. The Morgan fingerprint density at radius 1 is 0.912 bits per heavy atom. The van der Waals surface area contributed by atoms with Crippen LogP contribution in [0.25, 0.3) is 0 Å². The predicted molar refractivity (Wildman–Crippen MR) is 126 cm³/mol. The summed E-state index contributed by atoms with van der Waals surface area (Å²) in [6.45, 7) is 10.4. The number of methoxy groups -OCH3 is 2. The molecule has 0 spiro atoms. The van der Waals surface area contributed by atoms with Crippen LogP contribution >= 0.6 is 0 Å². The number of hydrogen-bond donors (Lipinski definition) is 3. The van der Waals surface area contributed by atoms with Crippen molar-refractivity contribution in [1.82, 2.24) is 9.97 Å². The van der Waals surface area contributed by atoms with Crippen LogP contribution < -0.4 is 20.1 Å². The number of phenolic OH excluding ortho intramolecular Hbond substituents is 1. The number of aromatic nitrogens is 2. The van der Waals surface area contributed by atoms with Gasteiger partial charge >= 0.3 is 12.2 Å². The van der Waals surface area contributed by atoms with Gasteiger partial charge in [-0.2, -0.15) is 4.98 Å². The van der Waals surface area contributed by atoms with Crippen LogP contribution in [0.1, 0.15) is 52.7 Å². The summed E-state index contributed by atoms with van der Waals surface area (Å²) in [7, 11) is 2.85. The normalized spacial score (nSPS) is 11.4. The van der Waals surface area contributed by atoms with E-state index in [1.807, 2.05) is 0 Å². The Labute approximate surface area is 198 Å². The summed E-state index contributed by atoms with van der Waals surface area (Å²) in [5.41, 5.74) is -0.240. The van der Waals surface area contributed by atoms with E-state index in [1.165, 1.54) is 20.4 Å². The number of phenols is 1. The van der Waals surface area contributed by atoms with Gasteiger partial charge in [-0.3, -0.25) is 10.6 Å². The molecule has 2 amide bonds. The molecule has 11 nitrogen and oxygen atoms in total. The first kappa shape index (κ1) is 26.5. The molecule has 0 aliphatic rings. The molecule has 0 atom stereocenters. The van der Waals surface area contributed by atoms with E-state index >= 15 is 0 Å². The third kappa shape index (κ3) is 7.98. The Hall–Kier alpha value is -3.76. The van der Waals surface area contributed by atoms with E-state index in [0.717, 1.165) is 0 Å². The lowest BCUT2D eigenvalue weighted by atomic mass is 10.1. The maximum absolute atomic E-state index is 12.4. The lowest BCUT2D eigenvalue weighted by Gasteiger charge is -2.21. The van der Waals surface area contributed by atoms with Gasteiger partial charge in [-0.15, -0.1) is 0 Å². The van der Waals surface area contributed by atoms with Gasteiger partial charge in [0.05, 0.1) is 14.2 Å². The Balaban J connectivity index is 2.40. The highest BCUT2D eigenvalue weighted by molar-refractivity contribution is 5.86. The quantitative estimate of drug-likeness (QED) is 0.550. The van der Waals surface area contributed by atoms with Crippen molar-refractivity contribution in [2.75, 3.05) is 24.9 Å². The SMILES string of the molecule is COc1cc(Cc2cnc(NC(=O)OC(C)(C)C)nc2NC(=O)OC(C)(C)C)cc(OC)c1O. The minimum Gasteiger partial charge on any atom is -0.502 e. The molecule has 0 saturated carbocycles. The number of aromatic hydroxyl groups is 1. The molecule has 1 aromatic heterocycles. The molecule has 11 heteroatoms. The van der Waals surface area contributed by atoms with Gasteiger partial charge in [-0.05, 0) is 59.2 Å². The molecule has 2 rings (SSSR count). The third-order valence-electron chi connectivity index (χ3n) is 4.03. The van der Waals surface area contributed by atoms with E-state index in [9.17, 15) is 14.7 Å². The Morgan fingerprint density at radius 2 is 1.41 bits per heavy atom. The number of amides is 2. The number of carbonyl (C=O) groups excluding carboxylic acids is 2. The van der Waals surface area contributed by atoms with Crippen molar-refractivity contribution in [3.8, 4) is 17.2 Å². The average Bonchev–Trinajstić information content (AvgIpc) is 2.68. The second kappa shape index (κ2) is 10.4. The molecule has 186 valence electrons. The van der Waals surface area contributed by atoms with Crippen LogP contribution in [0, 0.1) is 0 Å². The molecule has 0 aliphatic heterocycles. The first-order valence-electron chi connectivity index (χ1n) is 10.5. The second-order valence-electron chi connectivity index (χ2n) is 9.35. The number of benzene rings is 1. The van der Waals surface area contributed by atoms with Gasteiger partial charge in [0.2, 0.25) is 11.7 Å². The largest absolute Gasteiger partial charge is 0.502 e. The van der Waals surface area contributed by atoms with Gasteiger partial charge in [-0.25, -0.2) is 14.6 Å². The van der Waals surface area contributed by atoms with E-state index in [-0.39, 0.29) is 35.4 Å². The first-order chi connectivity index (χ1) is 15.7. The highest BCUT2D eigenvalue weighted by Gasteiger charge is 2.21. The monoisotopic (exact) mass is 476 g/mol. The van der Waals surface area contributed by atoms with Gasteiger partial charge in [0.25, 0.3) is 0 Å². The molecule has 34 heavy (non-hydrogen) atoms. The van der Waals surface area contributed by atoms with E-state index in [1.54, 1.807) is 53.7 Å². The molecule has 0 aliphatic carbocycles. The van der Waals surface area contributed by atoms with Gasteiger partial charge in [0.1, 0.15) is 17.0 Å². The summed E-state index contributed by atoms with van der Waals surface area (Å²) in [5, 5.41) is 15.2. The number of nitrogens with one attached hydrogen (secondary N) is 2. The van der Waals surface area contributed by atoms with Crippen LogP contribution in [0.15, 0.2) is 18.3 Å². The van der Waals surface area contributed by atoms with Crippen LogP contribution in [-0.4, -0.2) is 52.7 Å². The second-order valence-corrected chi connectivity index (χ2v) is 9.35. The van der Waals surface area contributed by atoms with Crippen LogP contribution in [-0.2, 0) is 15.9 Å². The van der Waals surface area contributed by atoms with Crippen LogP contribution in [0.2, 0.25) is 0 Å². The van der Waals surface area contributed by atoms with Crippen molar-refractivity contribution in [1.29, 1.82) is 0 Å². The van der Waals surface area contributed by atoms with E-state index in [4.69, 9.17) is 18.9 Å². The fourth-order valence-corrected chi connectivity index (χ4v) is 2.77. The highest BCUT2D eigenvalue weighted by Crippen LogP contribution is 2.38. The van der Waals surface area contributed by atoms with Crippen molar-refractivity contribution < 1.29 is 33.6 Å². The number of nitrogens with zero attached hydrogens (tertiary/aromatic N) is 2. The maximum Gasteiger partial charge on any atom is 0.414 e. The Bertz CT molecular complexity index is 1020. The van der Waals surface area contributed by atoms with Crippen LogP contribution in [0.3, 0.4) is 0 Å². The number of ether oxygens (including phenoxy) is 4. The molecule has 0 unspecified atom stereocenters. The topological polar surface area (TPSA) is 141 Å². The van der Waals surface area contributed by atoms with Crippen LogP contribution in [0.5, 0.6) is 17.2 Å². The molecular formula is C23H32N4O7. The van der Waals surface area contributed by atoms with Crippen molar-refractivity contribution in [2.24, 2.45) is 0 Å². The smallest absolute Gasteiger partial charge is 0.414 e. The first-order valence-corrected chi connectivity index (χ1v) is 10.5. The van der Waals surface area contributed by atoms with E-state index < -0.39 is 23.4 Å². The van der Waals surface area contributed by atoms with Crippen molar-refractivity contribution in [3.05, 3.63) is 29.5 Å². The molecule has 0 fully saturated rings. The maximum atomic E-state index is 12.4. The van der Waals surface area contributed by atoms with Crippen molar-refractivity contribution >= 4 is 24.0 Å². The van der Waals surface area contributed by atoms with Crippen molar-refractivity contribution in [3.63, 3.8) is 0 Å². The predicted octanol–water partition coefficient (Wildman–Crippen LogP) is 4.48. The zero-order valence-corrected chi connectivity index (χ0v) is 20.7. The summed E-state index contributed by atoms with van der Waals surface area (Å²) < 4.78 is 21.0. The van der Waals surface area contributed by atoms with Gasteiger partial charge < -0.3 is 24.1 Å². The minimum atomic E-state index is -0.739. The molecule has 3 N–H and O–H groups in total. The summed E-state index contributed by atoms with van der Waals surface area (Å²) >= 11 is 0. The Morgan fingerprint density at radius 3 is 1.88 bits per heavy atom. The van der Waals surface area contributed by atoms with Gasteiger partial charge in [0, 0.05) is 18.2 Å². The zero-order valence-electron chi connectivity index (χ0n) is 20.7. The standard InChI is InChI=1S/C23H32N4O7/c1-22(2,3)33-20(29)26-18-14(9-13-10-15(31-7)17(28)16(11-13)32-8)12-24-19(25-18)27-21(30)34-23(4,5)6/h10-12,28H,9H2,1-8H3,(H2,24,25,26,27,29,30). The number of carbonyl (C=O) groups is 2. The molecule has 0 radical (unpaired) electrons. The van der Waals surface area contributed by atoms with Crippen molar-refractivity contribution in [2.45, 2.75) is 59.2 Å². The summed E-state index contributed by atoms with van der Waals surface area (Å²) in [4.78, 5) is 33.0. The van der Waals surface area contributed by atoms with E-state index in [0.29, 0.717) is 11.1 Å². The average molecular weight is 477 g/mol. The van der Waals surface area contributed by atoms with Crippen LogP contribution in [0.4, 0.5) is 21.4 Å². The zero-order chi connectivity index (χ0) is 25.7. The molecular weight excluding hydrogens is 444 g/mol. The molecule has 1 heterocycles. The Kier molecular flexibility index (Phi) is 8.14. The van der Waals surface area contributed by atoms with Gasteiger partial charge in [0.15, 0.2) is 11.5 Å². The number of hydrogen-bond acceptors (Lipinski definition) is 9. The fraction of sp³-hybridized carbons (Fsp3) is 0.478. The summed E-state index contributed by atoms with van der Waals surface area (Å²) in [6.07, 6.45) is 0.233. The molecule has 2 aromatic rings. The summed E-state index contributed by atoms with van der Waals surface area (Å²) in [6, 6.07) is 3.25. The minimum absolute atomic E-state index is 0.0649. The molecule has 0 bridgehead atoms. The summed E-state index contributed by atoms with van der Waals surface area (Å²) in [5.74, 6) is 0.375. The third-order valence-corrected chi connectivity index (χ3v) is 4.03. The highest BCUT2D eigenvalue weighted by atomic mass is 16.6. The van der Waals surface area contributed by atoms with Gasteiger partial charge in [-0.1, -0.05) is 0 Å². The number of anilines is 2. The molecule has 1 aromatic carbocycles.